The van der Waals surface area contributed by atoms with E-state index < -0.39 is 144 Å². The summed E-state index contributed by atoms with van der Waals surface area (Å²) in [6.07, 6.45) is 0. The number of methoxy groups -OCH3 is 1. The van der Waals surface area contributed by atoms with Crippen molar-refractivity contribution in [1.82, 2.24) is 5.32 Å². The number of rotatable bonds is 24. The first-order valence-electron chi connectivity index (χ1n) is 14.6. The molecule has 0 bridgehead atoms. The number of amides is 1. The first kappa shape index (κ1) is 101. The van der Waals surface area contributed by atoms with E-state index in [2.05, 4.69) is 4.74 Å². The van der Waals surface area contributed by atoms with Gasteiger partial charge in [0.1, 0.15) is 6.04 Å². The molecule has 0 radical (unpaired) electrons. The van der Waals surface area contributed by atoms with E-state index in [0.29, 0.717) is 0 Å². The van der Waals surface area contributed by atoms with Crippen molar-refractivity contribution in [2.75, 3.05) is 7.11 Å². The van der Waals surface area contributed by atoms with Crippen molar-refractivity contribution in [3.8, 4) is 0 Å². The molecule has 0 rings (SSSR count). The molecule has 6 nitrogen and oxygen atoms in total. The van der Waals surface area contributed by atoms with Gasteiger partial charge in [0.05, 0.1) is 7.11 Å². The molecule has 1 atom stereocenters. The number of halogens is 1. The zero-order chi connectivity index (χ0) is 68.3. The lowest BCUT2D eigenvalue weighted by Crippen LogP contribution is -2.42. The third kappa shape index (κ3) is 17.6. The average Bonchev–Trinajstić information content (AvgIpc) is 3.26. The summed E-state index contributed by atoms with van der Waals surface area (Å²) in [5.41, 5.74) is 0. The van der Waals surface area contributed by atoms with E-state index in [4.69, 9.17) is 520 Å². The van der Waals surface area contributed by atoms with Gasteiger partial charge in [-0.25, -0.2) is 27.2 Å². The Morgan fingerprint density at radius 3 is 0.610 bits per heavy atom. The van der Waals surface area contributed by atoms with Crippen LogP contribution < -0.4 is 5.32 Å². The van der Waals surface area contributed by atoms with Gasteiger partial charge in [0, 0.05) is 129 Å². The van der Waals surface area contributed by atoms with Crippen LogP contribution in [0.4, 0.5) is 0 Å². The SMILES string of the molecule is COC(=O)C(=O)NC(C)C(=O)O.S=[S-](=S)S(=S)(=S)S(=S)(=S)S(=S)(=S)S(=S)(=S)S(=S)(=S)S(=S)(=S)S(=S)(=S)S(=S)(=S)S(=S)(=S)S(=S)(=S)S(=S)(=S)S(=S)(=S)S(=S)(=S)S(=S)(=S)S(=S)(=S)S(=S)(=S)S(=S)(=S)S(=S)(=S)S(=S)(=S)S(=S)(=S)S(=S)(=S)S(=S)(=S)I. The van der Waals surface area contributed by atoms with Crippen LogP contribution in [0.2, 0.25) is 0 Å². The van der Waals surface area contributed by atoms with Gasteiger partial charge >= 0.3 is 17.8 Å². The van der Waals surface area contributed by atoms with Gasteiger partial charge in [-0.1, -0.05) is 27.6 Å². The van der Waals surface area contributed by atoms with Crippen LogP contribution >= 0.6 is 21.2 Å². The molecule has 1 unspecified atom stereocenters. The van der Waals surface area contributed by atoms with Crippen molar-refractivity contribution in [2.24, 2.45) is 0 Å². The molecule has 0 aliphatic rings. The molecule has 1 amide bonds. The Labute approximate surface area is 702 Å². The largest absolute Gasteiger partial charge is 0.480 e. The molecule has 0 aromatic heterocycles. The van der Waals surface area contributed by atoms with Crippen molar-refractivity contribution >= 4 is 674 Å². The zero-order valence-corrected chi connectivity index (χ0v) is 93.7. The van der Waals surface area contributed by atoms with Crippen molar-refractivity contribution in [3.05, 3.63) is 0 Å². The second kappa shape index (κ2) is 33.7. The maximum Gasteiger partial charge on any atom is 0.396 e. The second-order valence-electron chi connectivity index (χ2n) is 11.2. The third-order valence-corrected chi connectivity index (χ3v) is 447. The fourth-order valence-electron chi connectivity index (χ4n) is 2.52. The Balaban J connectivity index is 0. The van der Waals surface area contributed by atoms with E-state index in [0.717, 1.165) is 7.11 Å². The lowest BCUT2D eigenvalue weighted by Gasteiger charge is -2.37. The first-order chi connectivity index (χ1) is 34.7. The van der Waals surface area contributed by atoms with Crippen LogP contribution in [-0.2, 0) is 654 Å². The molecule has 76 heteroatoms. The average molecular weight is 2510 g/mol. The molecule has 82 heavy (non-hydrogen) atoms. The second-order valence-corrected chi connectivity index (χ2v) is 256. The minimum Gasteiger partial charge on any atom is -0.480 e. The van der Waals surface area contributed by atoms with Gasteiger partial charge in [0.15, 0.2) is 0 Å². The molecule has 0 spiro atoms. The van der Waals surface area contributed by atoms with Crippen molar-refractivity contribution in [2.45, 2.75) is 13.0 Å². The van der Waals surface area contributed by atoms with Gasteiger partial charge in [-0.05, 0) is 477 Å². The number of esters is 1. The van der Waals surface area contributed by atoms with E-state index in [1.165, 1.54) is 6.92 Å². The standard InChI is InChI=1S/C6H9NO5.IS69/c1-3(5(9)10)7-4(8)6(11)12-2;1-49(4,5)51(8,9)53(12,13)55(16,17)57(20,21)59(24,25)61(28,29)63(32,33)65(36,37)67(40,41)69(44,45)70(46,47)68(42,43)66(38,39)64(34,35)62(30,31)60(26,27)58(22,23)56(18,19)54(14,15)52(10,11)50(6,7)48(2)3/h3H,1-2H3,(H,7,8)(H,9,10);/q;-1. The highest BCUT2D eigenvalue weighted by Crippen LogP contribution is 2.44. The Hall–Kier alpha value is 17.3. The molecule has 0 aliphatic carbocycles. The highest BCUT2D eigenvalue weighted by Gasteiger charge is 2.48. The van der Waals surface area contributed by atoms with Crippen molar-refractivity contribution in [3.63, 3.8) is 0 Å². The van der Waals surface area contributed by atoms with Crippen LogP contribution in [0.3, 0.4) is 0 Å². The van der Waals surface area contributed by atoms with Crippen molar-refractivity contribution < 1.29 is 24.2 Å². The number of ether oxygens (including phenoxy) is 1. The lowest BCUT2D eigenvalue weighted by atomic mass is 10.3. The summed E-state index contributed by atoms with van der Waals surface area (Å²) in [7, 11) is -0.514. The predicted molar refractivity (Wildman–Crippen MR) is 559 cm³/mol. The molecular formula is C6H9INO5S69-. The molecule has 490 valence electrons. The van der Waals surface area contributed by atoms with Gasteiger partial charge in [-0.15, -0.1) is 0 Å². The van der Waals surface area contributed by atoms with Gasteiger partial charge in [0.25, 0.3) is 0 Å². The predicted octanol–water partition coefficient (Wildman–Crippen LogP) is -0.531. The van der Waals surface area contributed by atoms with E-state index in [1.807, 2.05) is 5.32 Å². The van der Waals surface area contributed by atoms with Crippen LogP contribution in [0.5, 0.6) is 0 Å². The molecule has 0 saturated carbocycles. The summed E-state index contributed by atoms with van der Waals surface area (Å²) in [6, 6.07) is -1.10. The third-order valence-electron chi connectivity index (χ3n) is 6.50. The number of hydrogen-bond donors (Lipinski definition) is 2. The normalized spacial score (nSPS) is 16.0. The number of carbonyl (C=O) groups excluding carboxylic acids is 2. The Morgan fingerprint density at radius 2 is 0.488 bits per heavy atom. The highest BCUT2D eigenvalue weighted by molar-refractivity contribution is 14.2. The molecular weight excluding hydrogens is 2510 g/mol. The van der Waals surface area contributed by atoms with Gasteiger partial charge in [0.2, 0.25) is 0 Å². The number of carboxylic acid groups (broad SMARTS) is 1. The molecule has 0 aromatic carbocycles. The monoisotopic (exact) mass is 2510 g/mol. The lowest BCUT2D eigenvalue weighted by molar-refractivity contribution is -0.154. The van der Waals surface area contributed by atoms with Gasteiger partial charge < -0.3 is 15.2 Å². The molecule has 0 aliphatic heterocycles. The smallest absolute Gasteiger partial charge is 0.396 e. The minimum atomic E-state index is -4.00. The Morgan fingerprint density at radius 1 is 0.341 bits per heavy atom. The highest BCUT2D eigenvalue weighted by atomic mass is 127. The quantitative estimate of drug-likeness (QED) is 0.0324. The molecule has 0 heterocycles. The summed E-state index contributed by atoms with van der Waals surface area (Å²) < 4.78 is 1.34. The van der Waals surface area contributed by atoms with Crippen molar-refractivity contribution in [1.29, 1.82) is 0 Å². The van der Waals surface area contributed by atoms with Crippen LogP contribution in [0, 0.1) is 0 Å². The van der Waals surface area contributed by atoms with E-state index >= 15 is 0 Å². The summed E-state index contributed by atoms with van der Waals surface area (Å²) in [5.74, 6) is -3.39. The summed E-state index contributed by atoms with van der Waals surface area (Å²) in [5, 5.41) is -68.5. The molecule has 2 N–H and O–H groups in total. The molecule has 0 fully saturated rings. The van der Waals surface area contributed by atoms with Crippen LogP contribution in [0.1, 0.15) is 6.92 Å². The van der Waals surface area contributed by atoms with Crippen LogP contribution in [0.25, 0.3) is 0 Å². The van der Waals surface area contributed by atoms with Crippen LogP contribution in [0.15, 0.2) is 0 Å². The minimum absolute atomic E-state index is 1.04. The first-order valence-corrected chi connectivity index (χ1v) is 108. The fraction of sp³-hybridized carbons (Fsp3) is 0.500. The fourth-order valence-corrected chi connectivity index (χ4v) is 522. The number of aliphatic carboxylic acids is 1. The van der Waals surface area contributed by atoms with Gasteiger partial charge in [-0.2, -0.15) is 0 Å². The number of hydrogen-bond acceptors (Lipinski definition) is 51. The number of carbonyl (C=O) groups is 3. The topological polar surface area (TPSA) is 92.7 Å². The van der Waals surface area contributed by atoms with E-state index in [1.54, 1.807) is 21.2 Å². The zero-order valence-electron chi connectivity index (χ0n) is 35.2. The Kier molecular flexibility index (Phi) is 41.6. The van der Waals surface area contributed by atoms with Gasteiger partial charge in [-0.3, -0.25) is 16.6 Å². The maximum absolute atomic E-state index is 10.6. The number of carboxylic acids is 1. The summed E-state index contributed by atoms with van der Waals surface area (Å²) in [6.45, 7) is 1.24. The summed E-state index contributed by atoms with van der Waals surface area (Å²) >= 11 is 275. The molecule has 0 aromatic rings. The Bertz CT molecular complexity index is 5640. The maximum atomic E-state index is 10.6. The van der Waals surface area contributed by atoms with E-state index in [-0.39, 0.29) is 0 Å². The summed E-state index contributed by atoms with van der Waals surface area (Å²) in [4.78, 5) is 31.3. The van der Waals surface area contributed by atoms with Crippen LogP contribution in [-0.4, -0.2) is 36.1 Å². The molecule has 0 saturated heterocycles. The number of nitrogens with one attached hydrogen (secondary N) is 1. The van der Waals surface area contributed by atoms with E-state index in [9.17, 15) is 14.4 Å².